The van der Waals surface area contributed by atoms with Gasteiger partial charge < -0.3 is 10.6 Å². The van der Waals surface area contributed by atoms with Crippen LogP contribution in [0.1, 0.15) is 17.0 Å². The summed E-state index contributed by atoms with van der Waals surface area (Å²) in [6.45, 7) is 1.70. The Morgan fingerprint density at radius 1 is 1.27 bits per heavy atom. The smallest absolute Gasteiger partial charge is 0.239 e. The molecule has 8 heteroatoms. The summed E-state index contributed by atoms with van der Waals surface area (Å²) in [5.74, 6) is -2.08. The lowest BCUT2D eigenvalue weighted by Crippen LogP contribution is -2.56. The second-order valence-corrected chi connectivity index (χ2v) is 5.35. The average Bonchev–Trinajstić information content (AvgIpc) is 2.78. The zero-order valence-corrected chi connectivity index (χ0v) is 12.4. The van der Waals surface area contributed by atoms with Crippen molar-refractivity contribution in [1.82, 2.24) is 20.2 Å². The second-order valence-electron chi connectivity index (χ2n) is 4.94. The number of para-hydroxylation sites is 2. The van der Waals surface area contributed by atoms with Gasteiger partial charge in [0.2, 0.25) is 17.7 Å². The fourth-order valence-corrected chi connectivity index (χ4v) is 2.66. The van der Waals surface area contributed by atoms with Crippen molar-refractivity contribution in [2.24, 2.45) is 5.92 Å². The molecule has 7 nitrogen and oxygen atoms in total. The summed E-state index contributed by atoms with van der Waals surface area (Å²) in [4.78, 5) is 40.5. The van der Waals surface area contributed by atoms with E-state index >= 15 is 0 Å². The molecular weight excluding hydrogens is 304 g/mol. The number of hydrogen-bond acceptors (Lipinski definition) is 5. The highest BCUT2D eigenvalue weighted by molar-refractivity contribution is 7.80. The van der Waals surface area contributed by atoms with Crippen molar-refractivity contribution < 1.29 is 14.4 Å². The van der Waals surface area contributed by atoms with E-state index in [1.165, 1.54) is 4.57 Å². The number of imidazole rings is 1. The van der Waals surface area contributed by atoms with Crippen LogP contribution in [0.15, 0.2) is 24.3 Å². The van der Waals surface area contributed by atoms with Crippen LogP contribution in [0.25, 0.3) is 11.0 Å². The van der Waals surface area contributed by atoms with Gasteiger partial charge in [-0.1, -0.05) is 12.1 Å². The molecular formula is C14H12N4O3S. The minimum absolute atomic E-state index is 0.0389. The molecule has 112 valence electrons. The number of nitrogens with zero attached hydrogens (tertiary/aromatic N) is 2. The van der Waals surface area contributed by atoms with Crippen LogP contribution in [-0.2, 0) is 9.59 Å². The fraction of sp³-hybridized carbons (Fsp3) is 0.214. The van der Waals surface area contributed by atoms with Gasteiger partial charge in [-0.05, 0) is 31.3 Å². The number of carbonyl (C=O) groups is 3. The molecule has 2 N–H and O–H groups in total. The van der Waals surface area contributed by atoms with Crippen molar-refractivity contribution in [3.63, 3.8) is 0 Å². The molecule has 1 aliphatic heterocycles. The van der Waals surface area contributed by atoms with E-state index in [-0.39, 0.29) is 17.4 Å². The lowest BCUT2D eigenvalue weighted by Gasteiger charge is -2.22. The van der Waals surface area contributed by atoms with Gasteiger partial charge >= 0.3 is 0 Å². The number of aromatic nitrogens is 2. The third-order valence-corrected chi connectivity index (χ3v) is 3.67. The first kappa shape index (κ1) is 14.3. The Kier molecular flexibility index (Phi) is 3.45. The van der Waals surface area contributed by atoms with Crippen LogP contribution in [0.5, 0.6) is 0 Å². The maximum absolute atomic E-state index is 12.5. The fourth-order valence-electron chi connectivity index (χ4n) is 2.46. The summed E-state index contributed by atoms with van der Waals surface area (Å²) in [5, 5.41) is 4.65. The molecule has 0 radical (unpaired) electrons. The summed E-state index contributed by atoms with van der Waals surface area (Å²) in [7, 11) is 0. The molecule has 2 heterocycles. The second kappa shape index (κ2) is 5.30. The lowest BCUT2D eigenvalue weighted by molar-refractivity contribution is -0.135. The van der Waals surface area contributed by atoms with Crippen LogP contribution < -0.4 is 10.6 Å². The number of carbonyl (C=O) groups excluding carboxylic acids is 3. The molecule has 0 unspecified atom stereocenters. The van der Waals surface area contributed by atoms with E-state index in [0.717, 1.165) is 0 Å². The molecule has 0 bridgehead atoms. The molecule has 22 heavy (non-hydrogen) atoms. The molecule has 0 aliphatic carbocycles. The number of benzene rings is 1. The van der Waals surface area contributed by atoms with Crippen molar-refractivity contribution in [1.29, 1.82) is 0 Å². The summed E-state index contributed by atoms with van der Waals surface area (Å²) in [5.41, 5.74) is 1.34. The van der Waals surface area contributed by atoms with E-state index in [4.69, 9.17) is 12.2 Å². The van der Waals surface area contributed by atoms with Crippen LogP contribution in [0, 0.1) is 12.8 Å². The number of rotatable bonds is 2. The first-order valence-electron chi connectivity index (χ1n) is 6.60. The molecule has 1 aromatic carbocycles. The Bertz CT molecular complexity index is 807. The van der Waals surface area contributed by atoms with Crippen LogP contribution in [0.2, 0.25) is 0 Å². The molecule has 2 amide bonds. The SMILES string of the molecule is Cc1nc2ccccc2n1C(=O)CC1C(=O)NC(=S)NC1=O. The van der Waals surface area contributed by atoms with E-state index in [1.54, 1.807) is 25.1 Å². The van der Waals surface area contributed by atoms with E-state index in [9.17, 15) is 14.4 Å². The number of nitrogens with one attached hydrogen (secondary N) is 2. The largest absolute Gasteiger partial charge is 0.302 e. The number of thiocarbonyl (C=S) groups is 1. The van der Waals surface area contributed by atoms with Gasteiger partial charge in [-0.3, -0.25) is 19.0 Å². The molecule has 0 atom stereocenters. The van der Waals surface area contributed by atoms with E-state index in [2.05, 4.69) is 15.6 Å². The first-order chi connectivity index (χ1) is 10.5. The quantitative estimate of drug-likeness (QED) is 0.622. The van der Waals surface area contributed by atoms with E-state index in [1.807, 2.05) is 6.07 Å². The molecule has 1 aromatic heterocycles. The highest BCUT2D eigenvalue weighted by Crippen LogP contribution is 2.18. The van der Waals surface area contributed by atoms with Crippen molar-refractivity contribution in [3.05, 3.63) is 30.1 Å². The van der Waals surface area contributed by atoms with Gasteiger partial charge in [0.15, 0.2) is 5.11 Å². The minimum atomic E-state index is -1.10. The van der Waals surface area contributed by atoms with Gasteiger partial charge in [0.05, 0.1) is 11.0 Å². The van der Waals surface area contributed by atoms with Gasteiger partial charge in [-0.15, -0.1) is 0 Å². The van der Waals surface area contributed by atoms with Crippen molar-refractivity contribution in [2.45, 2.75) is 13.3 Å². The zero-order chi connectivity index (χ0) is 15.9. The highest BCUT2D eigenvalue weighted by atomic mass is 32.1. The molecule has 1 saturated heterocycles. The summed E-state index contributed by atoms with van der Waals surface area (Å²) in [6.07, 6.45) is -0.249. The van der Waals surface area contributed by atoms with E-state index < -0.39 is 17.7 Å². The first-order valence-corrected chi connectivity index (χ1v) is 7.01. The van der Waals surface area contributed by atoms with Gasteiger partial charge in [0.25, 0.3) is 0 Å². The Morgan fingerprint density at radius 2 is 1.91 bits per heavy atom. The zero-order valence-electron chi connectivity index (χ0n) is 11.6. The molecule has 0 spiro atoms. The Morgan fingerprint density at radius 3 is 2.59 bits per heavy atom. The maximum atomic E-state index is 12.5. The molecule has 0 saturated carbocycles. The standard InChI is InChI=1S/C14H12N4O3S/c1-7-15-9-4-2-3-5-10(9)18(7)11(19)6-8-12(20)16-14(22)17-13(8)21/h2-5,8H,6H2,1H3,(H2,16,17,20,21,22). The summed E-state index contributed by atoms with van der Waals surface area (Å²) < 4.78 is 1.42. The van der Waals surface area contributed by atoms with Crippen molar-refractivity contribution in [3.8, 4) is 0 Å². The van der Waals surface area contributed by atoms with Gasteiger partial charge in [-0.2, -0.15) is 0 Å². The lowest BCUT2D eigenvalue weighted by atomic mass is 10.0. The Hall–Kier alpha value is -2.61. The molecule has 1 aliphatic rings. The van der Waals surface area contributed by atoms with Gasteiger partial charge in [-0.25, -0.2) is 4.98 Å². The molecule has 3 rings (SSSR count). The molecule has 2 aromatic rings. The topological polar surface area (TPSA) is 93.1 Å². The number of hydrogen-bond donors (Lipinski definition) is 2. The maximum Gasteiger partial charge on any atom is 0.239 e. The third-order valence-electron chi connectivity index (χ3n) is 3.46. The molecule has 1 fully saturated rings. The van der Waals surface area contributed by atoms with E-state index in [0.29, 0.717) is 16.9 Å². The number of amides is 2. The van der Waals surface area contributed by atoms with Crippen molar-refractivity contribution >= 4 is 46.1 Å². The Balaban J connectivity index is 1.91. The van der Waals surface area contributed by atoms with Crippen LogP contribution in [0.3, 0.4) is 0 Å². The monoisotopic (exact) mass is 316 g/mol. The van der Waals surface area contributed by atoms with Crippen LogP contribution in [-0.4, -0.2) is 32.4 Å². The average molecular weight is 316 g/mol. The summed E-state index contributed by atoms with van der Waals surface area (Å²) >= 11 is 4.73. The summed E-state index contributed by atoms with van der Waals surface area (Å²) in [6, 6.07) is 7.19. The normalized spacial score (nSPS) is 15.8. The van der Waals surface area contributed by atoms with Crippen molar-refractivity contribution in [2.75, 3.05) is 0 Å². The predicted molar refractivity (Wildman–Crippen MR) is 82.1 cm³/mol. The van der Waals surface area contributed by atoms with Crippen LogP contribution >= 0.6 is 12.2 Å². The predicted octanol–water partition coefficient (Wildman–Crippen LogP) is 0.522. The van der Waals surface area contributed by atoms with Crippen LogP contribution in [0.4, 0.5) is 0 Å². The number of fused-ring (bicyclic) bond motifs is 1. The number of aryl methyl sites for hydroxylation is 1. The highest BCUT2D eigenvalue weighted by Gasteiger charge is 2.35. The Labute approximate surface area is 130 Å². The van der Waals surface area contributed by atoms with Gasteiger partial charge in [0, 0.05) is 6.42 Å². The third kappa shape index (κ3) is 2.37. The van der Waals surface area contributed by atoms with Gasteiger partial charge in [0.1, 0.15) is 11.7 Å². The minimum Gasteiger partial charge on any atom is -0.302 e.